The van der Waals surface area contributed by atoms with Crippen molar-refractivity contribution < 1.29 is 9.53 Å². The number of carbonyl (C=O) groups is 1. The summed E-state index contributed by atoms with van der Waals surface area (Å²) in [4.78, 5) is 20.5. The van der Waals surface area contributed by atoms with Gasteiger partial charge in [-0.05, 0) is 48.5 Å². The molecule has 2 aromatic carbocycles. The molecular formula is C23H18N4O2. The van der Waals surface area contributed by atoms with Crippen molar-refractivity contribution in [3.05, 3.63) is 103 Å². The minimum Gasteiger partial charge on any atom is -0.455 e. The molecule has 0 aliphatic heterocycles. The van der Waals surface area contributed by atoms with Gasteiger partial charge in [-0.3, -0.25) is 9.78 Å². The first-order valence-electron chi connectivity index (χ1n) is 9.04. The molecule has 0 aliphatic rings. The molecule has 0 fully saturated rings. The molecule has 0 atom stereocenters. The van der Waals surface area contributed by atoms with E-state index in [9.17, 15) is 4.79 Å². The second-order valence-electron chi connectivity index (χ2n) is 6.16. The zero-order chi connectivity index (χ0) is 19.9. The van der Waals surface area contributed by atoms with Gasteiger partial charge in [-0.15, -0.1) is 0 Å². The van der Waals surface area contributed by atoms with E-state index in [1.54, 1.807) is 36.7 Å². The molecule has 142 valence electrons. The van der Waals surface area contributed by atoms with Crippen LogP contribution >= 0.6 is 0 Å². The number of benzene rings is 2. The van der Waals surface area contributed by atoms with Gasteiger partial charge in [0, 0.05) is 12.4 Å². The summed E-state index contributed by atoms with van der Waals surface area (Å²) in [6.07, 6.45) is 4.73. The topological polar surface area (TPSA) is 76.1 Å². The lowest BCUT2D eigenvalue weighted by molar-refractivity contribution is 0.102. The van der Waals surface area contributed by atoms with Crippen LogP contribution in [0.4, 0.5) is 17.2 Å². The number of nitrogens with one attached hydrogen (secondary N) is 2. The van der Waals surface area contributed by atoms with E-state index >= 15 is 0 Å². The van der Waals surface area contributed by atoms with Gasteiger partial charge in [0.05, 0.1) is 23.1 Å². The van der Waals surface area contributed by atoms with Gasteiger partial charge in [0.2, 0.25) is 0 Å². The molecule has 2 heterocycles. The number of carbonyl (C=O) groups excluding carboxylic acids is 1. The van der Waals surface area contributed by atoms with Crippen LogP contribution in [0.25, 0.3) is 0 Å². The Hall–Kier alpha value is -4.19. The predicted molar refractivity (Wildman–Crippen MR) is 113 cm³/mol. The van der Waals surface area contributed by atoms with Crippen molar-refractivity contribution in [3.8, 4) is 11.5 Å². The first kappa shape index (κ1) is 18.2. The Kier molecular flexibility index (Phi) is 5.43. The number of anilines is 3. The highest BCUT2D eigenvalue weighted by Gasteiger charge is 2.08. The lowest BCUT2D eigenvalue weighted by atomic mass is 10.2. The lowest BCUT2D eigenvalue weighted by Crippen LogP contribution is -2.12. The molecule has 0 spiro atoms. The highest BCUT2D eigenvalue weighted by molar-refractivity contribution is 6.03. The summed E-state index contributed by atoms with van der Waals surface area (Å²) < 4.78 is 5.95. The maximum absolute atomic E-state index is 12.2. The summed E-state index contributed by atoms with van der Waals surface area (Å²) in [5.74, 6) is 1.84. The van der Waals surface area contributed by atoms with Crippen molar-refractivity contribution >= 4 is 23.1 Å². The molecule has 6 nitrogen and oxygen atoms in total. The van der Waals surface area contributed by atoms with Crippen molar-refractivity contribution in [3.63, 3.8) is 0 Å². The molecule has 4 rings (SSSR count). The minimum absolute atomic E-state index is 0.234. The minimum atomic E-state index is -0.234. The van der Waals surface area contributed by atoms with Gasteiger partial charge in [-0.25, -0.2) is 4.98 Å². The van der Waals surface area contributed by atoms with E-state index in [1.807, 2.05) is 54.6 Å². The molecule has 0 unspecified atom stereocenters. The quantitative estimate of drug-likeness (QED) is 0.475. The van der Waals surface area contributed by atoms with Crippen LogP contribution in [0, 0.1) is 0 Å². The van der Waals surface area contributed by atoms with E-state index < -0.39 is 0 Å². The van der Waals surface area contributed by atoms with Gasteiger partial charge < -0.3 is 15.4 Å². The molecule has 0 saturated heterocycles. The van der Waals surface area contributed by atoms with Crippen LogP contribution in [0.1, 0.15) is 10.4 Å². The molecule has 29 heavy (non-hydrogen) atoms. The number of ether oxygens (including phenoxy) is 1. The summed E-state index contributed by atoms with van der Waals surface area (Å²) in [7, 11) is 0. The number of hydrogen-bond acceptors (Lipinski definition) is 5. The maximum Gasteiger partial charge on any atom is 0.257 e. The van der Waals surface area contributed by atoms with Gasteiger partial charge >= 0.3 is 0 Å². The van der Waals surface area contributed by atoms with Crippen LogP contribution in [-0.2, 0) is 0 Å². The fraction of sp³-hybridized carbons (Fsp3) is 0. The summed E-state index contributed by atoms with van der Waals surface area (Å²) >= 11 is 0. The van der Waals surface area contributed by atoms with Crippen LogP contribution in [-0.4, -0.2) is 15.9 Å². The number of pyridine rings is 2. The molecule has 4 aromatic rings. The zero-order valence-corrected chi connectivity index (χ0v) is 15.4. The lowest BCUT2D eigenvalue weighted by Gasteiger charge is -2.13. The van der Waals surface area contributed by atoms with Gasteiger partial charge in [-0.1, -0.05) is 30.3 Å². The third-order valence-electron chi connectivity index (χ3n) is 4.07. The standard InChI is InChI=1S/C23H18N4O2/c28-23(17-7-6-14-24-15-17)26-18-12-13-22(25-16-18)27-20-10-4-5-11-21(20)29-19-8-2-1-3-9-19/h1-16H,(H,25,27)(H,26,28). The number of aromatic nitrogens is 2. The van der Waals surface area contributed by atoms with Crippen LogP contribution in [0.5, 0.6) is 11.5 Å². The Morgan fingerprint density at radius 3 is 2.41 bits per heavy atom. The third-order valence-corrected chi connectivity index (χ3v) is 4.07. The number of hydrogen-bond donors (Lipinski definition) is 2. The maximum atomic E-state index is 12.2. The van der Waals surface area contributed by atoms with E-state index in [0.717, 1.165) is 11.4 Å². The highest BCUT2D eigenvalue weighted by atomic mass is 16.5. The Balaban J connectivity index is 1.45. The smallest absolute Gasteiger partial charge is 0.257 e. The Morgan fingerprint density at radius 1 is 0.828 bits per heavy atom. The van der Waals surface area contributed by atoms with Gasteiger partial charge in [0.25, 0.3) is 5.91 Å². The molecule has 1 amide bonds. The number of nitrogens with zero attached hydrogens (tertiary/aromatic N) is 2. The number of para-hydroxylation sites is 3. The van der Waals surface area contributed by atoms with E-state index in [2.05, 4.69) is 20.6 Å². The van der Waals surface area contributed by atoms with E-state index in [-0.39, 0.29) is 5.91 Å². The Bertz CT molecular complexity index is 1080. The predicted octanol–water partition coefficient (Wildman–Crippen LogP) is 5.26. The van der Waals surface area contributed by atoms with E-state index in [1.165, 1.54) is 6.20 Å². The molecule has 6 heteroatoms. The second-order valence-corrected chi connectivity index (χ2v) is 6.16. The molecule has 0 saturated carbocycles. The van der Waals surface area contributed by atoms with Gasteiger partial charge in [0.15, 0.2) is 5.75 Å². The molecule has 2 aromatic heterocycles. The van der Waals surface area contributed by atoms with Crippen molar-refractivity contribution in [2.75, 3.05) is 10.6 Å². The summed E-state index contributed by atoms with van der Waals surface area (Å²) in [6, 6.07) is 24.2. The van der Waals surface area contributed by atoms with Crippen LogP contribution in [0.2, 0.25) is 0 Å². The SMILES string of the molecule is O=C(Nc1ccc(Nc2ccccc2Oc2ccccc2)nc1)c1cccnc1. The molecule has 2 N–H and O–H groups in total. The zero-order valence-electron chi connectivity index (χ0n) is 15.4. The number of rotatable bonds is 6. The Morgan fingerprint density at radius 2 is 1.66 bits per heavy atom. The summed E-state index contributed by atoms with van der Waals surface area (Å²) in [6.45, 7) is 0. The molecule has 0 bridgehead atoms. The van der Waals surface area contributed by atoms with Crippen LogP contribution in [0.15, 0.2) is 97.5 Å². The molecule has 0 radical (unpaired) electrons. The van der Waals surface area contributed by atoms with Gasteiger partial charge in [0.1, 0.15) is 11.6 Å². The van der Waals surface area contributed by atoms with Crippen molar-refractivity contribution in [2.45, 2.75) is 0 Å². The monoisotopic (exact) mass is 382 g/mol. The average molecular weight is 382 g/mol. The largest absolute Gasteiger partial charge is 0.455 e. The fourth-order valence-electron chi connectivity index (χ4n) is 2.65. The average Bonchev–Trinajstić information content (AvgIpc) is 2.78. The van der Waals surface area contributed by atoms with Crippen LogP contribution in [0.3, 0.4) is 0 Å². The Labute approximate surface area is 168 Å². The third kappa shape index (κ3) is 4.75. The number of amides is 1. The second kappa shape index (κ2) is 8.67. The van der Waals surface area contributed by atoms with Crippen molar-refractivity contribution in [2.24, 2.45) is 0 Å². The summed E-state index contributed by atoms with van der Waals surface area (Å²) in [5.41, 5.74) is 1.87. The van der Waals surface area contributed by atoms with E-state index in [4.69, 9.17) is 4.74 Å². The fourth-order valence-corrected chi connectivity index (χ4v) is 2.65. The van der Waals surface area contributed by atoms with Crippen LogP contribution < -0.4 is 15.4 Å². The normalized spacial score (nSPS) is 10.2. The summed E-state index contributed by atoms with van der Waals surface area (Å²) in [5, 5.41) is 6.05. The molecule has 0 aliphatic carbocycles. The highest BCUT2D eigenvalue weighted by Crippen LogP contribution is 2.31. The van der Waals surface area contributed by atoms with Crippen molar-refractivity contribution in [1.82, 2.24) is 9.97 Å². The molecular weight excluding hydrogens is 364 g/mol. The van der Waals surface area contributed by atoms with Gasteiger partial charge in [-0.2, -0.15) is 0 Å². The first-order valence-corrected chi connectivity index (χ1v) is 9.04. The first-order chi connectivity index (χ1) is 14.3. The van der Waals surface area contributed by atoms with Crippen molar-refractivity contribution in [1.29, 1.82) is 0 Å². The van der Waals surface area contributed by atoms with E-state index in [0.29, 0.717) is 22.8 Å².